The number of rotatable bonds is 6. The summed E-state index contributed by atoms with van der Waals surface area (Å²) in [4.78, 5) is 23.9. The Hall–Kier alpha value is -1.59. The summed E-state index contributed by atoms with van der Waals surface area (Å²) >= 11 is 0. The maximum atomic E-state index is 12.2. The fraction of sp³-hybridized carbons (Fsp3) is 0.556. The number of hydrogen-bond acceptors (Lipinski definition) is 4. The zero-order valence-electron chi connectivity index (χ0n) is 14.3. The second-order valence-corrected chi connectivity index (χ2v) is 6.14. The fourth-order valence-corrected chi connectivity index (χ4v) is 2.97. The molecule has 1 fully saturated rings. The van der Waals surface area contributed by atoms with E-state index in [9.17, 15) is 9.59 Å². The Bertz CT molecular complexity index is 545. The monoisotopic (exact) mass is 354 g/mol. The van der Waals surface area contributed by atoms with E-state index in [2.05, 4.69) is 17.6 Å². The number of hydrogen-bond donors (Lipinski definition) is 2. The minimum atomic E-state index is -0.370. The quantitative estimate of drug-likeness (QED) is 0.769. The van der Waals surface area contributed by atoms with E-state index in [0.717, 1.165) is 13.1 Å². The molecule has 0 saturated carbocycles. The number of carbonyl (C=O) groups excluding carboxylic acids is 2. The van der Waals surface area contributed by atoms with E-state index in [-0.39, 0.29) is 24.3 Å². The van der Waals surface area contributed by atoms with Gasteiger partial charge in [-0.15, -0.1) is 12.4 Å². The van der Waals surface area contributed by atoms with Crippen LogP contribution in [0.15, 0.2) is 24.3 Å². The molecule has 0 aromatic heterocycles. The lowest BCUT2D eigenvalue weighted by molar-refractivity contribution is -0.117. The highest BCUT2D eigenvalue weighted by Crippen LogP contribution is 2.23. The number of halogens is 1. The molecule has 2 atom stereocenters. The molecule has 1 saturated heterocycles. The minimum absolute atomic E-state index is 0. The van der Waals surface area contributed by atoms with Gasteiger partial charge in [-0.1, -0.05) is 13.0 Å². The molecular formula is C18H27ClN2O3. The first-order chi connectivity index (χ1) is 11.1. The lowest BCUT2D eigenvalue weighted by Gasteiger charge is -2.28. The van der Waals surface area contributed by atoms with Gasteiger partial charge in [-0.05, 0) is 62.9 Å². The highest BCUT2D eigenvalue weighted by atomic mass is 35.5. The van der Waals surface area contributed by atoms with Crippen LogP contribution in [-0.4, -0.2) is 31.6 Å². The van der Waals surface area contributed by atoms with Crippen LogP contribution in [0.1, 0.15) is 43.5 Å². The number of nitrogens with one attached hydrogen (secondary N) is 2. The Morgan fingerprint density at radius 1 is 1.42 bits per heavy atom. The van der Waals surface area contributed by atoms with Gasteiger partial charge in [0.25, 0.3) is 0 Å². The Morgan fingerprint density at radius 3 is 2.88 bits per heavy atom. The van der Waals surface area contributed by atoms with Crippen LogP contribution in [0.25, 0.3) is 0 Å². The Kier molecular flexibility index (Phi) is 8.79. The molecule has 0 spiro atoms. The molecule has 1 amide bonds. The van der Waals surface area contributed by atoms with Gasteiger partial charge in [0.05, 0.1) is 12.2 Å². The van der Waals surface area contributed by atoms with Crippen molar-refractivity contribution in [1.82, 2.24) is 5.32 Å². The predicted octanol–water partition coefficient (Wildman–Crippen LogP) is 3.25. The zero-order valence-corrected chi connectivity index (χ0v) is 15.2. The van der Waals surface area contributed by atoms with E-state index in [1.165, 1.54) is 12.8 Å². The van der Waals surface area contributed by atoms with Gasteiger partial charge in [-0.2, -0.15) is 0 Å². The smallest absolute Gasteiger partial charge is 0.338 e. The molecule has 2 N–H and O–H groups in total. The molecule has 2 rings (SSSR count). The third-order valence-electron chi connectivity index (χ3n) is 4.30. The summed E-state index contributed by atoms with van der Waals surface area (Å²) in [5.41, 5.74) is 1.09. The molecule has 2 unspecified atom stereocenters. The normalized spacial score (nSPS) is 18.2. The van der Waals surface area contributed by atoms with Crippen LogP contribution in [0.3, 0.4) is 0 Å². The second-order valence-electron chi connectivity index (χ2n) is 6.14. The first-order valence-electron chi connectivity index (χ1n) is 8.38. The van der Waals surface area contributed by atoms with Crippen molar-refractivity contribution in [2.45, 2.75) is 33.1 Å². The van der Waals surface area contributed by atoms with Crippen molar-refractivity contribution in [1.29, 1.82) is 0 Å². The fourth-order valence-electron chi connectivity index (χ4n) is 2.97. The van der Waals surface area contributed by atoms with Crippen molar-refractivity contribution in [2.24, 2.45) is 11.8 Å². The number of anilines is 1. The average Bonchev–Trinajstić information content (AvgIpc) is 2.56. The topological polar surface area (TPSA) is 67.4 Å². The molecule has 5 nitrogen and oxygen atoms in total. The molecule has 1 aliphatic rings. The summed E-state index contributed by atoms with van der Waals surface area (Å²) in [6.45, 7) is 6.31. The van der Waals surface area contributed by atoms with Crippen molar-refractivity contribution in [2.75, 3.05) is 25.0 Å². The number of amides is 1. The Labute approximate surface area is 149 Å². The summed E-state index contributed by atoms with van der Waals surface area (Å²) in [5.74, 6) is 0.519. The standard InChI is InChI=1S/C18H26N2O3.ClH/c1-3-23-18(22)14-6-4-8-16(11-14)20-17(21)10-13(2)15-7-5-9-19-12-15;/h4,6,8,11,13,15,19H,3,5,7,9-10,12H2,1-2H3,(H,20,21);1H. The molecule has 1 aromatic carbocycles. The number of ether oxygens (including phenoxy) is 1. The lowest BCUT2D eigenvalue weighted by atomic mass is 9.85. The maximum absolute atomic E-state index is 12.2. The molecule has 24 heavy (non-hydrogen) atoms. The zero-order chi connectivity index (χ0) is 16.7. The van der Waals surface area contributed by atoms with Crippen LogP contribution >= 0.6 is 12.4 Å². The van der Waals surface area contributed by atoms with Crippen molar-refractivity contribution < 1.29 is 14.3 Å². The van der Waals surface area contributed by atoms with E-state index in [0.29, 0.717) is 36.1 Å². The van der Waals surface area contributed by atoms with Crippen molar-refractivity contribution >= 4 is 30.0 Å². The number of piperidine rings is 1. The van der Waals surface area contributed by atoms with Crippen LogP contribution in [0.2, 0.25) is 0 Å². The summed E-state index contributed by atoms with van der Waals surface area (Å²) in [6, 6.07) is 6.87. The van der Waals surface area contributed by atoms with Crippen LogP contribution in [0.5, 0.6) is 0 Å². The second kappa shape index (κ2) is 10.3. The number of esters is 1. The first-order valence-corrected chi connectivity index (χ1v) is 8.38. The van der Waals surface area contributed by atoms with Gasteiger partial charge in [0.15, 0.2) is 0 Å². The van der Waals surface area contributed by atoms with E-state index in [4.69, 9.17) is 4.74 Å². The third-order valence-corrected chi connectivity index (χ3v) is 4.30. The summed E-state index contributed by atoms with van der Waals surface area (Å²) in [7, 11) is 0. The van der Waals surface area contributed by atoms with Gasteiger partial charge >= 0.3 is 5.97 Å². The third kappa shape index (κ3) is 6.13. The molecule has 1 aromatic rings. The van der Waals surface area contributed by atoms with E-state index in [1.54, 1.807) is 31.2 Å². The summed E-state index contributed by atoms with van der Waals surface area (Å²) in [6.07, 6.45) is 2.86. The van der Waals surface area contributed by atoms with Crippen LogP contribution in [-0.2, 0) is 9.53 Å². The Balaban J connectivity index is 0.00000288. The van der Waals surface area contributed by atoms with Gasteiger partial charge < -0.3 is 15.4 Å². The molecule has 134 valence electrons. The van der Waals surface area contributed by atoms with Crippen LogP contribution < -0.4 is 10.6 Å². The minimum Gasteiger partial charge on any atom is -0.462 e. The lowest BCUT2D eigenvalue weighted by Crippen LogP contribution is -2.34. The van der Waals surface area contributed by atoms with E-state index < -0.39 is 0 Å². The molecule has 1 aliphatic heterocycles. The number of carbonyl (C=O) groups is 2. The van der Waals surface area contributed by atoms with Gasteiger partial charge in [0, 0.05) is 12.1 Å². The number of benzene rings is 1. The van der Waals surface area contributed by atoms with Crippen LogP contribution in [0.4, 0.5) is 5.69 Å². The highest BCUT2D eigenvalue weighted by molar-refractivity contribution is 5.94. The van der Waals surface area contributed by atoms with Gasteiger partial charge in [-0.3, -0.25) is 4.79 Å². The van der Waals surface area contributed by atoms with Crippen molar-refractivity contribution in [3.8, 4) is 0 Å². The van der Waals surface area contributed by atoms with E-state index >= 15 is 0 Å². The summed E-state index contributed by atoms with van der Waals surface area (Å²) in [5, 5.41) is 6.27. The van der Waals surface area contributed by atoms with Crippen molar-refractivity contribution in [3.63, 3.8) is 0 Å². The van der Waals surface area contributed by atoms with Gasteiger partial charge in [0.2, 0.25) is 5.91 Å². The van der Waals surface area contributed by atoms with Gasteiger partial charge in [0.1, 0.15) is 0 Å². The maximum Gasteiger partial charge on any atom is 0.338 e. The van der Waals surface area contributed by atoms with Crippen molar-refractivity contribution in [3.05, 3.63) is 29.8 Å². The van der Waals surface area contributed by atoms with Crippen LogP contribution in [0, 0.1) is 11.8 Å². The molecule has 6 heteroatoms. The van der Waals surface area contributed by atoms with E-state index in [1.807, 2.05) is 0 Å². The molecule has 0 bridgehead atoms. The Morgan fingerprint density at radius 2 is 2.21 bits per heavy atom. The first kappa shape index (κ1) is 20.5. The molecular weight excluding hydrogens is 328 g/mol. The predicted molar refractivity (Wildman–Crippen MR) is 97.7 cm³/mol. The highest BCUT2D eigenvalue weighted by Gasteiger charge is 2.22. The SMILES string of the molecule is CCOC(=O)c1cccc(NC(=O)CC(C)C2CCCNC2)c1.Cl. The molecule has 0 aliphatic carbocycles. The largest absolute Gasteiger partial charge is 0.462 e. The summed E-state index contributed by atoms with van der Waals surface area (Å²) < 4.78 is 4.97. The van der Waals surface area contributed by atoms with Gasteiger partial charge in [-0.25, -0.2) is 4.79 Å². The molecule has 1 heterocycles. The molecule has 0 radical (unpaired) electrons. The average molecular weight is 355 g/mol.